The number of carboxylic acids is 1. The van der Waals surface area contributed by atoms with Crippen LogP contribution >= 0.6 is 0 Å². The molecule has 1 heterocycles. The van der Waals surface area contributed by atoms with Crippen LogP contribution in [-0.4, -0.2) is 40.4 Å². The third-order valence-corrected chi connectivity index (χ3v) is 3.11. The summed E-state index contributed by atoms with van der Waals surface area (Å²) in [7, 11) is 0. The van der Waals surface area contributed by atoms with Crippen LogP contribution in [-0.2, 0) is 9.53 Å². The van der Waals surface area contributed by atoms with Crippen LogP contribution in [0.15, 0.2) is 36.4 Å². The van der Waals surface area contributed by atoms with Crippen molar-refractivity contribution < 1.29 is 24.5 Å². The van der Waals surface area contributed by atoms with Crippen LogP contribution < -0.4 is 5.32 Å². The van der Waals surface area contributed by atoms with E-state index in [1.165, 1.54) is 12.1 Å². The number of ether oxygens (including phenoxy) is 1. The van der Waals surface area contributed by atoms with Crippen LogP contribution in [0, 0.1) is 0 Å². The first-order valence-electron chi connectivity index (χ1n) is 6.61. The number of cyclic esters (lactones) is 1. The smallest absolute Gasteiger partial charge is 0.335 e. The van der Waals surface area contributed by atoms with Gasteiger partial charge in [-0.25, -0.2) is 4.79 Å². The number of nitrogens with one attached hydrogen (secondary N) is 1. The van der Waals surface area contributed by atoms with Gasteiger partial charge in [-0.2, -0.15) is 0 Å². The van der Waals surface area contributed by atoms with Gasteiger partial charge < -0.3 is 20.3 Å². The SMILES string of the molecule is C[C@@H](O)C=C[C@@H]1OC(=O)C[C@H]1Nc1ccc(C(=O)O)cc1. The molecular formula is C15H17NO5. The fourth-order valence-electron chi connectivity index (χ4n) is 2.08. The van der Waals surface area contributed by atoms with E-state index >= 15 is 0 Å². The van der Waals surface area contributed by atoms with Crippen molar-refractivity contribution in [3.8, 4) is 0 Å². The highest BCUT2D eigenvalue weighted by atomic mass is 16.6. The second-order valence-electron chi connectivity index (χ2n) is 4.92. The van der Waals surface area contributed by atoms with Gasteiger partial charge in [-0.05, 0) is 37.3 Å². The highest BCUT2D eigenvalue weighted by Crippen LogP contribution is 2.21. The molecule has 21 heavy (non-hydrogen) atoms. The summed E-state index contributed by atoms with van der Waals surface area (Å²) in [5.41, 5.74) is 0.906. The van der Waals surface area contributed by atoms with Crippen LogP contribution in [0.1, 0.15) is 23.7 Å². The van der Waals surface area contributed by atoms with Crippen LogP contribution in [0.25, 0.3) is 0 Å². The standard InChI is InChI=1S/C15H17NO5/c1-9(17)2-7-13-12(8-14(18)21-13)16-11-5-3-10(4-6-11)15(19)20/h2-7,9,12-13,16-17H,8H2,1H3,(H,19,20)/t9-,12-,13+/m1/s1. The third-order valence-electron chi connectivity index (χ3n) is 3.11. The third kappa shape index (κ3) is 4.06. The monoisotopic (exact) mass is 291 g/mol. The van der Waals surface area contributed by atoms with Gasteiger partial charge in [0, 0.05) is 5.69 Å². The first-order valence-corrected chi connectivity index (χ1v) is 6.61. The zero-order chi connectivity index (χ0) is 15.4. The molecule has 0 aliphatic carbocycles. The number of aliphatic hydroxyl groups is 1. The number of anilines is 1. The largest absolute Gasteiger partial charge is 0.478 e. The summed E-state index contributed by atoms with van der Waals surface area (Å²) in [6.07, 6.45) is 2.37. The highest BCUT2D eigenvalue weighted by Gasteiger charge is 2.33. The van der Waals surface area contributed by atoms with E-state index in [0.29, 0.717) is 5.69 Å². The number of aliphatic hydroxyl groups excluding tert-OH is 1. The van der Waals surface area contributed by atoms with E-state index in [1.807, 2.05) is 0 Å². The van der Waals surface area contributed by atoms with E-state index in [9.17, 15) is 14.7 Å². The fourth-order valence-corrected chi connectivity index (χ4v) is 2.08. The number of carbonyl (C=O) groups is 2. The van der Waals surface area contributed by atoms with Crippen molar-refractivity contribution in [2.24, 2.45) is 0 Å². The van der Waals surface area contributed by atoms with Crippen molar-refractivity contribution in [1.29, 1.82) is 0 Å². The molecule has 2 rings (SSSR count). The minimum atomic E-state index is -0.987. The Balaban J connectivity index is 2.05. The normalized spacial score (nSPS) is 23.0. The number of carboxylic acid groups (broad SMARTS) is 1. The zero-order valence-electron chi connectivity index (χ0n) is 11.5. The maximum Gasteiger partial charge on any atom is 0.335 e. The Morgan fingerprint density at radius 1 is 1.43 bits per heavy atom. The highest BCUT2D eigenvalue weighted by molar-refractivity contribution is 5.88. The van der Waals surface area contributed by atoms with Crippen molar-refractivity contribution >= 4 is 17.6 Å². The quantitative estimate of drug-likeness (QED) is 0.561. The van der Waals surface area contributed by atoms with Gasteiger partial charge in [0.05, 0.1) is 24.1 Å². The summed E-state index contributed by atoms with van der Waals surface area (Å²) in [6, 6.07) is 6.01. The predicted molar refractivity (Wildman–Crippen MR) is 76.1 cm³/mol. The van der Waals surface area contributed by atoms with Gasteiger partial charge >= 0.3 is 11.9 Å². The molecule has 3 N–H and O–H groups in total. The number of esters is 1. The molecule has 0 saturated carbocycles. The minimum absolute atomic E-state index is 0.199. The Morgan fingerprint density at radius 2 is 2.10 bits per heavy atom. The number of hydrogen-bond acceptors (Lipinski definition) is 5. The molecule has 1 fully saturated rings. The van der Waals surface area contributed by atoms with Crippen molar-refractivity contribution in [2.75, 3.05) is 5.32 Å². The molecule has 1 aromatic rings. The second kappa shape index (κ2) is 6.41. The number of aromatic carboxylic acids is 1. The lowest BCUT2D eigenvalue weighted by Crippen LogP contribution is -2.27. The van der Waals surface area contributed by atoms with E-state index in [-0.39, 0.29) is 24.0 Å². The van der Waals surface area contributed by atoms with E-state index < -0.39 is 18.2 Å². The number of benzene rings is 1. The Morgan fingerprint density at radius 3 is 2.67 bits per heavy atom. The molecule has 6 nitrogen and oxygen atoms in total. The van der Waals surface area contributed by atoms with Gasteiger partial charge in [-0.3, -0.25) is 4.79 Å². The summed E-state index contributed by atoms with van der Waals surface area (Å²) >= 11 is 0. The van der Waals surface area contributed by atoms with E-state index in [0.717, 1.165) is 0 Å². The van der Waals surface area contributed by atoms with Crippen LogP contribution in [0.2, 0.25) is 0 Å². The summed E-state index contributed by atoms with van der Waals surface area (Å²) in [4.78, 5) is 22.2. The number of hydrogen-bond donors (Lipinski definition) is 3. The molecule has 0 unspecified atom stereocenters. The average Bonchev–Trinajstić information content (AvgIpc) is 2.77. The van der Waals surface area contributed by atoms with Crippen LogP contribution in [0.5, 0.6) is 0 Å². The molecule has 0 radical (unpaired) electrons. The molecule has 6 heteroatoms. The number of rotatable bonds is 5. The Bertz CT molecular complexity index is 550. The molecular weight excluding hydrogens is 274 g/mol. The Kier molecular flexibility index (Phi) is 4.59. The van der Waals surface area contributed by atoms with Crippen molar-refractivity contribution in [2.45, 2.75) is 31.6 Å². The zero-order valence-corrected chi connectivity index (χ0v) is 11.5. The lowest BCUT2D eigenvalue weighted by Gasteiger charge is -2.17. The molecule has 1 saturated heterocycles. The molecule has 0 bridgehead atoms. The number of carbonyl (C=O) groups excluding carboxylic acids is 1. The molecule has 1 aliphatic rings. The predicted octanol–water partition coefficient (Wildman–Crippen LogP) is 1.42. The van der Waals surface area contributed by atoms with Crippen LogP contribution in [0.3, 0.4) is 0 Å². The maximum atomic E-state index is 11.4. The minimum Gasteiger partial charge on any atom is -0.478 e. The Hall–Kier alpha value is -2.34. The maximum absolute atomic E-state index is 11.4. The molecule has 0 spiro atoms. The first-order chi connectivity index (χ1) is 9.95. The van der Waals surface area contributed by atoms with Gasteiger partial charge in [-0.1, -0.05) is 6.08 Å². The molecule has 1 aromatic carbocycles. The Labute approximate surface area is 122 Å². The summed E-state index contributed by atoms with van der Waals surface area (Å²) in [6.45, 7) is 1.61. The first kappa shape index (κ1) is 15.1. The summed E-state index contributed by atoms with van der Waals surface area (Å²) in [5, 5.41) is 21.2. The summed E-state index contributed by atoms with van der Waals surface area (Å²) < 4.78 is 5.17. The molecule has 0 aromatic heterocycles. The lowest BCUT2D eigenvalue weighted by molar-refractivity contribution is -0.140. The second-order valence-corrected chi connectivity index (χ2v) is 4.92. The van der Waals surface area contributed by atoms with Crippen molar-refractivity contribution in [3.63, 3.8) is 0 Å². The van der Waals surface area contributed by atoms with Crippen molar-refractivity contribution in [3.05, 3.63) is 42.0 Å². The molecule has 0 amide bonds. The van der Waals surface area contributed by atoms with E-state index in [4.69, 9.17) is 9.84 Å². The van der Waals surface area contributed by atoms with Crippen LogP contribution in [0.4, 0.5) is 5.69 Å². The van der Waals surface area contributed by atoms with Gasteiger partial charge in [0.25, 0.3) is 0 Å². The topological polar surface area (TPSA) is 95.9 Å². The molecule has 112 valence electrons. The van der Waals surface area contributed by atoms with Gasteiger partial charge in [0.15, 0.2) is 0 Å². The fraction of sp³-hybridized carbons (Fsp3) is 0.333. The van der Waals surface area contributed by atoms with Crippen molar-refractivity contribution in [1.82, 2.24) is 0 Å². The van der Waals surface area contributed by atoms with E-state index in [2.05, 4.69) is 5.32 Å². The molecule has 3 atom stereocenters. The van der Waals surface area contributed by atoms with E-state index in [1.54, 1.807) is 31.2 Å². The summed E-state index contributed by atoms with van der Waals surface area (Å²) in [5.74, 6) is -1.30. The van der Waals surface area contributed by atoms with Gasteiger partial charge in [0.1, 0.15) is 6.10 Å². The lowest BCUT2D eigenvalue weighted by atomic mass is 10.1. The average molecular weight is 291 g/mol. The van der Waals surface area contributed by atoms with Gasteiger partial charge in [0.2, 0.25) is 0 Å². The molecule has 1 aliphatic heterocycles. The van der Waals surface area contributed by atoms with Gasteiger partial charge in [-0.15, -0.1) is 0 Å².